The van der Waals surface area contributed by atoms with E-state index in [0.29, 0.717) is 19.4 Å². The molecule has 3 fully saturated rings. The van der Waals surface area contributed by atoms with E-state index in [1.807, 2.05) is 37.3 Å². The molecule has 3 heterocycles. The predicted molar refractivity (Wildman–Crippen MR) is 150 cm³/mol. The van der Waals surface area contributed by atoms with E-state index in [0.717, 1.165) is 18.4 Å². The molecule has 2 bridgehead atoms. The fourth-order valence-corrected chi connectivity index (χ4v) is 10.2. The Balaban J connectivity index is 1.68. The summed E-state index contributed by atoms with van der Waals surface area (Å²) in [6.07, 6.45) is 3.02. The van der Waals surface area contributed by atoms with E-state index in [-0.39, 0.29) is 46.4 Å². The van der Waals surface area contributed by atoms with E-state index < -0.39 is 28.7 Å². The molecular weight excluding hydrogens is 554 g/mol. The molecule has 1 aromatic carbocycles. The van der Waals surface area contributed by atoms with Gasteiger partial charge in [0.2, 0.25) is 17.7 Å². The van der Waals surface area contributed by atoms with Gasteiger partial charge in [-0.1, -0.05) is 73.5 Å². The number of fused-ring (bicyclic) bond motifs is 1. The SMILES string of the molecule is CCCC(C)NC(=O)C1N([C@@H](CO)CC(C)C)C(=O)[C@@H]2[C@@H](C(=O)NCc3ccccc3)[C@@H]3SC12CC3Br. The molecular formula is C28H40BrN3O4S. The van der Waals surface area contributed by atoms with Crippen LogP contribution in [0.4, 0.5) is 0 Å². The van der Waals surface area contributed by atoms with Crippen LogP contribution in [0.5, 0.6) is 0 Å². The Labute approximate surface area is 233 Å². The molecule has 1 spiro atoms. The monoisotopic (exact) mass is 593 g/mol. The lowest BCUT2D eigenvalue weighted by Gasteiger charge is -2.38. The predicted octanol–water partition coefficient (Wildman–Crippen LogP) is 3.48. The van der Waals surface area contributed by atoms with E-state index in [9.17, 15) is 19.5 Å². The minimum atomic E-state index is -0.720. The van der Waals surface area contributed by atoms with Gasteiger partial charge in [-0.3, -0.25) is 14.4 Å². The normalized spacial score (nSPS) is 31.9. The first-order valence-corrected chi connectivity index (χ1v) is 15.3. The number of nitrogens with zero attached hydrogens (tertiary/aromatic N) is 1. The molecule has 3 N–H and O–H groups in total. The summed E-state index contributed by atoms with van der Waals surface area (Å²) in [5, 5.41) is 16.5. The number of hydrogen-bond donors (Lipinski definition) is 3. The molecule has 3 aliphatic heterocycles. The van der Waals surface area contributed by atoms with Crippen molar-refractivity contribution in [2.45, 2.75) is 92.9 Å². The standard InChI is InChI=1S/C28H40BrN3O4S/c1-5-9-17(4)31-26(35)24-28-13-20(29)23(37-28)21(25(34)30-14-18-10-7-6-8-11-18)22(28)27(36)32(24)19(15-33)12-16(2)3/h6-8,10-11,16-17,19-24,33H,5,9,12-15H2,1-4H3,(H,30,34)(H,31,35)/t17?,19-,20?,21-,22+,23-,24?,28?/m1/s1. The van der Waals surface area contributed by atoms with Crippen LogP contribution < -0.4 is 10.6 Å². The lowest BCUT2D eigenvalue weighted by Crippen LogP contribution is -2.58. The van der Waals surface area contributed by atoms with E-state index >= 15 is 0 Å². The fourth-order valence-electron chi connectivity index (χ4n) is 6.61. The number of hydrogen-bond acceptors (Lipinski definition) is 5. The lowest BCUT2D eigenvalue weighted by atomic mass is 9.70. The molecule has 8 atom stereocenters. The van der Waals surface area contributed by atoms with Gasteiger partial charge in [-0.15, -0.1) is 11.8 Å². The maximum atomic E-state index is 14.2. The Morgan fingerprint density at radius 2 is 1.92 bits per heavy atom. The molecule has 0 aromatic heterocycles. The van der Waals surface area contributed by atoms with Gasteiger partial charge in [0.25, 0.3) is 0 Å². The fraction of sp³-hybridized carbons (Fsp3) is 0.679. The first kappa shape index (κ1) is 28.4. The van der Waals surface area contributed by atoms with Gasteiger partial charge < -0.3 is 20.6 Å². The summed E-state index contributed by atoms with van der Waals surface area (Å²) in [7, 11) is 0. The molecule has 37 heavy (non-hydrogen) atoms. The molecule has 0 aliphatic carbocycles. The smallest absolute Gasteiger partial charge is 0.244 e. The Bertz CT molecular complexity index is 995. The molecule has 4 unspecified atom stereocenters. The van der Waals surface area contributed by atoms with Gasteiger partial charge in [-0.05, 0) is 37.7 Å². The van der Waals surface area contributed by atoms with Crippen LogP contribution in [-0.2, 0) is 20.9 Å². The number of carbonyl (C=O) groups is 3. The third-order valence-corrected chi connectivity index (χ3v) is 11.3. The number of amides is 3. The van der Waals surface area contributed by atoms with Gasteiger partial charge in [0.05, 0.1) is 29.2 Å². The lowest BCUT2D eigenvalue weighted by molar-refractivity contribution is -0.143. The summed E-state index contributed by atoms with van der Waals surface area (Å²) in [6.45, 7) is 8.35. The Kier molecular flexibility index (Phi) is 8.96. The molecule has 204 valence electrons. The molecule has 3 saturated heterocycles. The summed E-state index contributed by atoms with van der Waals surface area (Å²) < 4.78 is -0.703. The number of alkyl halides is 1. The average Bonchev–Trinajstić information content (AvgIpc) is 3.45. The Morgan fingerprint density at radius 1 is 1.22 bits per heavy atom. The van der Waals surface area contributed by atoms with E-state index in [4.69, 9.17) is 0 Å². The van der Waals surface area contributed by atoms with Crippen LogP contribution in [0.25, 0.3) is 0 Å². The maximum absolute atomic E-state index is 14.2. The van der Waals surface area contributed by atoms with E-state index in [1.54, 1.807) is 16.7 Å². The minimum Gasteiger partial charge on any atom is -0.394 e. The number of likely N-dealkylation sites (tertiary alicyclic amines) is 1. The molecule has 0 radical (unpaired) electrons. The number of aliphatic hydroxyl groups excluding tert-OH is 1. The van der Waals surface area contributed by atoms with Crippen LogP contribution in [0.3, 0.4) is 0 Å². The summed E-state index contributed by atoms with van der Waals surface area (Å²) in [5.41, 5.74) is 0.996. The van der Waals surface area contributed by atoms with Crippen molar-refractivity contribution in [3.63, 3.8) is 0 Å². The van der Waals surface area contributed by atoms with Gasteiger partial charge in [0, 0.05) is 22.7 Å². The highest BCUT2D eigenvalue weighted by molar-refractivity contribution is 9.09. The second-order valence-electron chi connectivity index (χ2n) is 11.3. The molecule has 3 amide bonds. The van der Waals surface area contributed by atoms with Crippen molar-refractivity contribution in [1.82, 2.24) is 15.5 Å². The zero-order valence-corrected chi connectivity index (χ0v) is 24.6. The Hall–Kier alpha value is -1.58. The van der Waals surface area contributed by atoms with E-state index in [2.05, 4.69) is 47.3 Å². The van der Waals surface area contributed by atoms with Crippen LogP contribution in [0.1, 0.15) is 58.9 Å². The van der Waals surface area contributed by atoms with Gasteiger partial charge in [-0.2, -0.15) is 0 Å². The van der Waals surface area contributed by atoms with Crippen LogP contribution in [0.15, 0.2) is 30.3 Å². The van der Waals surface area contributed by atoms with Crippen molar-refractivity contribution in [3.8, 4) is 0 Å². The van der Waals surface area contributed by atoms with Gasteiger partial charge >= 0.3 is 0 Å². The van der Waals surface area contributed by atoms with Crippen molar-refractivity contribution in [2.75, 3.05) is 6.61 Å². The summed E-state index contributed by atoms with van der Waals surface area (Å²) in [6, 6.07) is 8.52. The van der Waals surface area contributed by atoms with Crippen molar-refractivity contribution in [3.05, 3.63) is 35.9 Å². The number of aliphatic hydroxyl groups is 1. The van der Waals surface area contributed by atoms with Crippen molar-refractivity contribution in [1.29, 1.82) is 0 Å². The Morgan fingerprint density at radius 3 is 2.54 bits per heavy atom. The average molecular weight is 595 g/mol. The zero-order valence-electron chi connectivity index (χ0n) is 22.2. The number of thioether (sulfide) groups is 1. The highest BCUT2D eigenvalue weighted by atomic mass is 79.9. The number of benzene rings is 1. The zero-order chi connectivity index (χ0) is 26.9. The number of nitrogens with one attached hydrogen (secondary N) is 2. The first-order chi connectivity index (χ1) is 17.6. The molecule has 3 aliphatic rings. The van der Waals surface area contributed by atoms with Crippen LogP contribution >= 0.6 is 27.7 Å². The minimum absolute atomic E-state index is 0.0177. The maximum Gasteiger partial charge on any atom is 0.244 e. The van der Waals surface area contributed by atoms with Gasteiger partial charge in [0.15, 0.2) is 0 Å². The molecule has 9 heteroatoms. The molecule has 0 saturated carbocycles. The van der Waals surface area contributed by atoms with E-state index in [1.165, 1.54) is 0 Å². The largest absolute Gasteiger partial charge is 0.394 e. The van der Waals surface area contributed by atoms with Crippen LogP contribution in [0, 0.1) is 17.8 Å². The summed E-state index contributed by atoms with van der Waals surface area (Å²) >= 11 is 5.44. The van der Waals surface area contributed by atoms with Gasteiger partial charge in [0.1, 0.15) is 6.04 Å². The van der Waals surface area contributed by atoms with Crippen molar-refractivity contribution in [2.24, 2.45) is 17.8 Å². The third kappa shape index (κ3) is 5.33. The van der Waals surface area contributed by atoms with Crippen molar-refractivity contribution < 1.29 is 19.5 Å². The second-order valence-corrected chi connectivity index (χ2v) is 14.0. The number of carbonyl (C=O) groups excluding carboxylic acids is 3. The quantitative estimate of drug-likeness (QED) is 0.341. The molecule has 4 rings (SSSR count). The summed E-state index contributed by atoms with van der Waals surface area (Å²) in [4.78, 5) is 43.4. The molecule has 7 nitrogen and oxygen atoms in total. The third-order valence-electron chi connectivity index (χ3n) is 8.05. The number of halogens is 1. The highest BCUT2D eigenvalue weighted by Gasteiger charge is 2.76. The molecule has 1 aromatic rings. The second kappa shape index (κ2) is 11.7. The highest BCUT2D eigenvalue weighted by Crippen LogP contribution is 2.68. The van der Waals surface area contributed by atoms with Crippen molar-refractivity contribution >= 4 is 45.4 Å². The first-order valence-electron chi connectivity index (χ1n) is 13.5. The van der Waals surface area contributed by atoms with Gasteiger partial charge in [-0.25, -0.2) is 0 Å². The topological polar surface area (TPSA) is 98.7 Å². The van der Waals surface area contributed by atoms with Crippen LogP contribution in [-0.4, -0.2) is 67.3 Å². The summed E-state index contributed by atoms with van der Waals surface area (Å²) in [5.74, 6) is -1.37. The number of rotatable bonds is 11. The van der Waals surface area contributed by atoms with Crippen LogP contribution in [0.2, 0.25) is 0 Å².